The van der Waals surface area contributed by atoms with E-state index in [1.165, 1.54) is 0 Å². The summed E-state index contributed by atoms with van der Waals surface area (Å²) in [5.74, 6) is 0.435. The van der Waals surface area contributed by atoms with E-state index in [9.17, 15) is 9.59 Å². The Labute approximate surface area is 233 Å². The van der Waals surface area contributed by atoms with E-state index in [4.69, 9.17) is 21.1 Å². The van der Waals surface area contributed by atoms with Crippen LogP contribution in [-0.2, 0) is 9.59 Å². The maximum atomic E-state index is 13.9. The second-order valence-corrected chi connectivity index (χ2v) is 10.4. The minimum Gasteiger partial charge on any atom is -0.493 e. The number of rotatable bonds is 6. The highest BCUT2D eigenvalue weighted by Gasteiger charge is 2.41. The van der Waals surface area contributed by atoms with E-state index in [-0.39, 0.29) is 17.6 Å². The molecule has 1 amide bonds. The third-order valence-electron chi connectivity index (χ3n) is 7.44. The number of halogens is 1. The lowest BCUT2D eigenvalue weighted by Gasteiger charge is -2.37. The van der Waals surface area contributed by atoms with Crippen molar-refractivity contribution in [3.05, 3.63) is 111 Å². The molecule has 2 atom stereocenters. The van der Waals surface area contributed by atoms with Gasteiger partial charge in [-0.1, -0.05) is 47.5 Å². The van der Waals surface area contributed by atoms with Crippen LogP contribution in [-0.4, -0.2) is 25.9 Å². The van der Waals surface area contributed by atoms with Crippen LogP contribution in [0.25, 0.3) is 0 Å². The number of aryl methyl sites for hydroxylation is 1. The van der Waals surface area contributed by atoms with Crippen LogP contribution < -0.4 is 20.1 Å². The van der Waals surface area contributed by atoms with Gasteiger partial charge in [-0.15, -0.1) is 0 Å². The summed E-state index contributed by atoms with van der Waals surface area (Å²) in [6, 6.07) is 20.8. The average molecular weight is 543 g/mol. The highest BCUT2D eigenvalue weighted by molar-refractivity contribution is 6.30. The molecule has 7 heteroatoms. The van der Waals surface area contributed by atoms with Crippen molar-refractivity contribution < 1.29 is 19.1 Å². The Morgan fingerprint density at radius 2 is 1.67 bits per heavy atom. The Kier molecular flexibility index (Phi) is 7.49. The van der Waals surface area contributed by atoms with Gasteiger partial charge in [-0.05, 0) is 73.7 Å². The Morgan fingerprint density at radius 1 is 0.923 bits per heavy atom. The van der Waals surface area contributed by atoms with Crippen molar-refractivity contribution in [2.45, 2.75) is 38.5 Å². The zero-order valence-electron chi connectivity index (χ0n) is 22.4. The van der Waals surface area contributed by atoms with Crippen molar-refractivity contribution in [3.63, 3.8) is 0 Å². The number of ketones is 1. The van der Waals surface area contributed by atoms with Gasteiger partial charge >= 0.3 is 0 Å². The lowest BCUT2D eigenvalue weighted by Crippen LogP contribution is -2.37. The molecular formula is C32H31ClN2O4. The van der Waals surface area contributed by atoms with Crippen molar-refractivity contribution in [2.24, 2.45) is 0 Å². The largest absolute Gasteiger partial charge is 0.493 e. The van der Waals surface area contributed by atoms with Gasteiger partial charge < -0.3 is 20.1 Å². The first-order chi connectivity index (χ1) is 18.8. The van der Waals surface area contributed by atoms with Crippen molar-refractivity contribution in [2.75, 3.05) is 19.5 Å². The molecule has 0 aromatic heterocycles. The first-order valence-electron chi connectivity index (χ1n) is 12.9. The summed E-state index contributed by atoms with van der Waals surface area (Å²) in [6.07, 6.45) is 0.941. The highest BCUT2D eigenvalue weighted by atomic mass is 35.5. The molecule has 1 aliphatic heterocycles. The van der Waals surface area contributed by atoms with Gasteiger partial charge in [0, 0.05) is 45.6 Å². The van der Waals surface area contributed by atoms with Crippen molar-refractivity contribution in [3.8, 4) is 11.5 Å². The number of carbonyl (C=O) groups excluding carboxylic acids is 2. The molecule has 1 aliphatic carbocycles. The van der Waals surface area contributed by atoms with E-state index in [1.54, 1.807) is 20.3 Å². The standard InChI is InChI=1S/C32H31ClN2O4/c1-18-8-11-24(12-9-18)35-32(37)29-19(2)34-25-15-22(20-10-13-27(38-3)28(17-20)39-4)16-26(36)31(25)30(29)21-6-5-7-23(33)14-21/h5-14,17,22,30,34H,15-16H2,1-4H3,(H,35,37). The highest BCUT2D eigenvalue weighted by Crippen LogP contribution is 2.46. The normalized spacial score (nSPS) is 18.8. The van der Waals surface area contributed by atoms with Crippen LogP contribution in [0.4, 0.5) is 5.69 Å². The summed E-state index contributed by atoms with van der Waals surface area (Å²) in [5, 5.41) is 7.00. The zero-order chi connectivity index (χ0) is 27.7. The molecule has 0 bridgehead atoms. The molecule has 0 fully saturated rings. The Morgan fingerprint density at radius 3 is 2.36 bits per heavy atom. The first-order valence-corrected chi connectivity index (χ1v) is 13.3. The van der Waals surface area contributed by atoms with E-state index in [2.05, 4.69) is 10.6 Å². The fraction of sp³-hybridized carbons (Fsp3) is 0.250. The SMILES string of the molecule is COc1ccc(C2CC(=O)C3=C(C2)NC(C)=C(C(=O)Nc2ccc(C)cc2)C3c2cccc(Cl)c2)cc1OC. The van der Waals surface area contributed by atoms with E-state index in [0.29, 0.717) is 51.9 Å². The third-order valence-corrected chi connectivity index (χ3v) is 7.68. The second-order valence-electron chi connectivity index (χ2n) is 10.0. The number of hydrogen-bond donors (Lipinski definition) is 2. The number of anilines is 1. The molecule has 0 spiro atoms. The van der Waals surface area contributed by atoms with Crippen molar-refractivity contribution in [1.82, 2.24) is 5.32 Å². The second kappa shape index (κ2) is 11.0. The van der Waals surface area contributed by atoms with Gasteiger partial charge in [-0.25, -0.2) is 0 Å². The van der Waals surface area contributed by atoms with E-state index >= 15 is 0 Å². The van der Waals surface area contributed by atoms with Crippen LogP contribution in [0.3, 0.4) is 0 Å². The molecule has 2 N–H and O–H groups in total. The molecule has 0 saturated heterocycles. The van der Waals surface area contributed by atoms with Gasteiger partial charge in [0.15, 0.2) is 17.3 Å². The van der Waals surface area contributed by atoms with Gasteiger partial charge in [-0.3, -0.25) is 9.59 Å². The summed E-state index contributed by atoms with van der Waals surface area (Å²) in [7, 11) is 3.20. The van der Waals surface area contributed by atoms with Crippen molar-refractivity contribution in [1.29, 1.82) is 0 Å². The summed E-state index contributed by atoms with van der Waals surface area (Å²) in [4.78, 5) is 27.6. The molecule has 0 saturated carbocycles. The number of methoxy groups -OCH3 is 2. The minimum absolute atomic E-state index is 0.00152. The first kappa shape index (κ1) is 26.6. The minimum atomic E-state index is -0.538. The number of amides is 1. The number of dihydropyridines is 1. The van der Waals surface area contributed by atoms with Crippen LogP contribution >= 0.6 is 11.6 Å². The van der Waals surface area contributed by atoms with E-state index in [1.807, 2.05) is 74.5 Å². The number of hydrogen-bond acceptors (Lipinski definition) is 5. The molecule has 39 heavy (non-hydrogen) atoms. The average Bonchev–Trinajstić information content (AvgIpc) is 2.92. The molecule has 6 nitrogen and oxygen atoms in total. The fourth-order valence-electron chi connectivity index (χ4n) is 5.54. The van der Waals surface area contributed by atoms with Crippen LogP contribution in [0.1, 0.15) is 48.3 Å². The number of ether oxygens (including phenoxy) is 2. The monoisotopic (exact) mass is 542 g/mol. The van der Waals surface area contributed by atoms with Gasteiger partial charge in [0.05, 0.1) is 14.2 Å². The lowest BCUT2D eigenvalue weighted by atomic mass is 9.71. The predicted molar refractivity (Wildman–Crippen MR) is 153 cm³/mol. The van der Waals surface area contributed by atoms with Gasteiger partial charge in [-0.2, -0.15) is 0 Å². The van der Waals surface area contributed by atoms with Crippen LogP contribution in [0.5, 0.6) is 11.5 Å². The quantitative estimate of drug-likeness (QED) is 0.364. The summed E-state index contributed by atoms with van der Waals surface area (Å²) in [5.41, 5.74) is 6.28. The lowest BCUT2D eigenvalue weighted by molar-refractivity contribution is -0.116. The molecule has 200 valence electrons. The van der Waals surface area contributed by atoms with Crippen LogP contribution in [0.15, 0.2) is 89.3 Å². The summed E-state index contributed by atoms with van der Waals surface area (Å²) >= 11 is 6.39. The topological polar surface area (TPSA) is 76.7 Å². The number of carbonyl (C=O) groups is 2. The molecule has 1 heterocycles. The maximum absolute atomic E-state index is 13.9. The molecule has 2 aliphatic rings. The predicted octanol–water partition coefficient (Wildman–Crippen LogP) is 6.67. The van der Waals surface area contributed by atoms with E-state index in [0.717, 1.165) is 22.4 Å². The number of Topliss-reactive ketones (excluding diaryl/α,β-unsaturated/α-hetero) is 1. The molecular weight excluding hydrogens is 512 g/mol. The summed E-state index contributed by atoms with van der Waals surface area (Å²) < 4.78 is 10.9. The third kappa shape index (κ3) is 5.30. The van der Waals surface area contributed by atoms with Gasteiger partial charge in [0.2, 0.25) is 0 Å². The smallest absolute Gasteiger partial charge is 0.254 e. The Hall–Kier alpha value is -4.03. The molecule has 3 aromatic rings. The zero-order valence-corrected chi connectivity index (χ0v) is 23.2. The molecule has 2 unspecified atom stereocenters. The number of nitrogens with one attached hydrogen (secondary N) is 2. The Bertz CT molecular complexity index is 1510. The van der Waals surface area contributed by atoms with Gasteiger partial charge in [0.25, 0.3) is 5.91 Å². The molecule has 3 aromatic carbocycles. The number of allylic oxidation sites excluding steroid dienone is 3. The Balaban J connectivity index is 1.54. The maximum Gasteiger partial charge on any atom is 0.254 e. The molecule has 0 radical (unpaired) electrons. The van der Waals surface area contributed by atoms with Crippen LogP contribution in [0, 0.1) is 6.92 Å². The number of benzene rings is 3. The van der Waals surface area contributed by atoms with Crippen molar-refractivity contribution >= 4 is 29.0 Å². The van der Waals surface area contributed by atoms with Crippen LogP contribution in [0.2, 0.25) is 5.02 Å². The summed E-state index contributed by atoms with van der Waals surface area (Å²) in [6.45, 7) is 3.88. The van der Waals surface area contributed by atoms with E-state index < -0.39 is 5.92 Å². The van der Waals surface area contributed by atoms with Gasteiger partial charge in [0.1, 0.15) is 0 Å². The fourth-order valence-corrected chi connectivity index (χ4v) is 5.74. The molecule has 5 rings (SSSR count).